The SMILES string of the molecule is CN=C(NCC(C)Oc1cccc(C)c1)NC(C)Cc1c(C)nn(C)c1C. The van der Waals surface area contributed by atoms with Gasteiger partial charge in [0.05, 0.1) is 12.2 Å². The highest BCUT2D eigenvalue weighted by molar-refractivity contribution is 5.80. The summed E-state index contributed by atoms with van der Waals surface area (Å²) >= 11 is 0. The molecule has 0 bridgehead atoms. The van der Waals surface area contributed by atoms with Gasteiger partial charge in [0.2, 0.25) is 0 Å². The highest BCUT2D eigenvalue weighted by Gasteiger charge is 2.14. The van der Waals surface area contributed by atoms with Gasteiger partial charge in [0, 0.05) is 25.8 Å². The Bertz CT molecular complexity index is 781. The van der Waals surface area contributed by atoms with E-state index in [9.17, 15) is 0 Å². The molecule has 0 spiro atoms. The molecule has 6 heteroatoms. The number of aryl methyl sites for hydroxylation is 3. The molecular weight excluding hydrogens is 338 g/mol. The van der Waals surface area contributed by atoms with Crippen LogP contribution >= 0.6 is 0 Å². The third-order valence-corrected chi connectivity index (χ3v) is 4.66. The van der Waals surface area contributed by atoms with Gasteiger partial charge in [-0.15, -0.1) is 0 Å². The van der Waals surface area contributed by atoms with Crippen molar-refractivity contribution in [2.75, 3.05) is 13.6 Å². The Balaban J connectivity index is 1.84. The zero-order valence-corrected chi connectivity index (χ0v) is 17.6. The minimum atomic E-state index is 0.0310. The van der Waals surface area contributed by atoms with Crippen molar-refractivity contribution in [3.63, 3.8) is 0 Å². The van der Waals surface area contributed by atoms with E-state index in [1.807, 2.05) is 29.9 Å². The molecule has 0 radical (unpaired) electrons. The summed E-state index contributed by atoms with van der Waals surface area (Å²) < 4.78 is 7.91. The molecule has 0 aliphatic rings. The molecule has 0 aliphatic carbocycles. The lowest BCUT2D eigenvalue weighted by Crippen LogP contribution is -2.45. The Kier molecular flexibility index (Phi) is 7.28. The van der Waals surface area contributed by atoms with Crippen molar-refractivity contribution in [1.82, 2.24) is 20.4 Å². The number of guanidine groups is 1. The molecule has 0 fully saturated rings. The second kappa shape index (κ2) is 9.44. The van der Waals surface area contributed by atoms with E-state index < -0.39 is 0 Å². The lowest BCUT2D eigenvalue weighted by molar-refractivity contribution is 0.223. The largest absolute Gasteiger partial charge is 0.489 e. The molecule has 2 rings (SSSR count). The molecule has 1 aromatic heterocycles. The molecule has 0 saturated heterocycles. The number of nitrogens with zero attached hydrogens (tertiary/aromatic N) is 3. The van der Waals surface area contributed by atoms with E-state index in [1.54, 1.807) is 7.05 Å². The molecule has 2 atom stereocenters. The molecule has 1 aromatic carbocycles. The Morgan fingerprint density at radius 2 is 2.00 bits per heavy atom. The molecule has 148 valence electrons. The summed E-state index contributed by atoms with van der Waals surface area (Å²) in [6, 6.07) is 8.34. The van der Waals surface area contributed by atoms with Crippen LogP contribution in [0.25, 0.3) is 0 Å². The third-order valence-electron chi connectivity index (χ3n) is 4.66. The predicted molar refractivity (Wildman–Crippen MR) is 112 cm³/mol. The minimum Gasteiger partial charge on any atom is -0.489 e. The predicted octanol–water partition coefficient (Wildman–Crippen LogP) is 2.91. The van der Waals surface area contributed by atoms with Crippen LogP contribution in [0.4, 0.5) is 0 Å². The molecule has 2 N–H and O–H groups in total. The van der Waals surface area contributed by atoms with Gasteiger partial charge in [-0.3, -0.25) is 9.67 Å². The maximum atomic E-state index is 5.97. The van der Waals surface area contributed by atoms with E-state index in [-0.39, 0.29) is 12.1 Å². The van der Waals surface area contributed by atoms with Crippen molar-refractivity contribution in [3.05, 3.63) is 46.8 Å². The molecule has 2 aromatic rings. The van der Waals surface area contributed by atoms with Crippen LogP contribution in [0.15, 0.2) is 29.3 Å². The lowest BCUT2D eigenvalue weighted by atomic mass is 10.1. The van der Waals surface area contributed by atoms with Crippen molar-refractivity contribution in [3.8, 4) is 5.75 Å². The minimum absolute atomic E-state index is 0.0310. The van der Waals surface area contributed by atoms with E-state index >= 15 is 0 Å². The maximum Gasteiger partial charge on any atom is 0.191 e. The molecule has 0 amide bonds. The van der Waals surface area contributed by atoms with Crippen LogP contribution in [0, 0.1) is 20.8 Å². The van der Waals surface area contributed by atoms with Gasteiger partial charge >= 0.3 is 0 Å². The zero-order chi connectivity index (χ0) is 20.0. The smallest absolute Gasteiger partial charge is 0.191 e. The first kappa shape index (κ1) is 20.8. The van der Waals surface area contributed by atoms with Gasteiger partial charge < -0.3 is 15.4 Å². The third kappa shape index (κ3) is 6.01. The van der Waals surface area contributed by atoms with Crippen LogP contribution in [0.5, 0.6) is 5.75 Å². The van der Waals surface area contributed by atoms with E-state index in [4.69, 9.17) is 4.74 Å². The monoisotopic (exact) mass is 371 g/mol. The quantitative estimate of drug-likeness (QED) is 0.580. The van der Waals surface area contributed by atoms with E-state index in [2.05, 4.69) is 61.4 Å². The molecule has 0 aliphatic heterocycles. The summed E-state index contributed by atoms with van der Waals surface area (Å²) in [6.07, 6.45) is 0.935. The Labute approximate surface area is 163 Å². The molecular formula is C21H33N5O. The van der Waals surface area contributed by atoms with Gasteiger partial charge in [-0.05, 0) is 64.3 Å². The van der Waals surface area contributed by atoms with Crippen LogP contribution in [-0.2, 0) is 13.5 Å². The topological polar surface area (TPSA) is 63.5 Å². The maximum absolute atomic E-state index is 5.97. The van der Waals surface area contributed by atoms with Gasteiger partial charge in [-0.25, -0.2) is 0 Å². The average Bonchev–Trinajstić information content (AvgIpc) is 2.84. The Morgan fingerprint density at radius 1 is 1.26 bits per heavy atom. The normalized spacial score (nSPS) is 14.0. The van der Waals surface area contributed by atoms with E-state index in [1.165, 1.54) is 16.8 Å². The molecule has 6 nitrogen and oxygen atoms in total. The summed E-state index contributed by atoms with van der Waals surface area (Å²) in [5.41, 5.74) is 4.79. The van der Waals surface area contributed by atoms with Gasteiger partial charge in [0.25, 0.3) is 0 Å². The number of hydrogen-bond donors (Lipinski definition) is 2. The number of rotatable bonds is 7. The first-order chi connectivity index (χ1) is 12.8. The highest BCUT2D eigenvalue weighted by Crippen LogP contribution is 2.15. The van der Waals surface area contributed by atoms with Crippen LogP contribution < -0.4 is 15.4 Å². The van der Waals surface area contributed by atoms with Crippen molar-refractivity contribution in [2.45, 2.75) is 53.2 Å². The van der Waals surface area contributed by atoms with Crippen LogP contribution in [0.3, 0.4) is 0 Å². The second-order valence-corrected chi connectivity index (χ2v) is 7.22. The number of nitrogens with one attached hydrogen (secondary N) is 2. The number of aromatic nitrogens is 2. The fourth-order valence-corrected chi connectivity index (χ4v) is 3.10. The fourth-order valence-electron chi connectivity index (χ4n) is 3.10. The van der Waals surface area contributed by atoms with Crippen molar-refractivity contribution in [1.29, 1.82) is 0 Å². The second-order valence-electron chi connectivity index (χ2n) is 7.22. The highest BCUT2D eigenvalue weighted by atomic mass is 16.5. The van der Waals surface area contributed by atoms with Crippen molar-refractivity contribution < 1.29 is 4.74 Å². The molecule has 2 unspecified atom stereocenters. The zero-order valence-electron chi connectivity index (χ0n) is 17.6. The van der Waals surface area contributed by atoms with Crippen LogP contribution in [-0.4, -0.2) is 41.5 Å². The van der Waals surface area contributed by atoms with E-state index in [0.717, 1.165) is 23.8 Å². The first-order valence-electron chi connectivity index (χ1n) is 9.49. The van der Waals surface area contributed by atoms with Gasteiger partial charge in [0.1, 0.15) is 11.9 Å². The number of benzene rings is 1. The number of hydrogen-bond acceptors (Lipinski definition) is 3. The molecule has 1 heterocycles. The number of aliphatic imine (C=N–C) groups is 1. The van der Waals surface area contributed by atoms with Gasteiger partial charge in [-0.1, -0.05) is 12.1 Å². The van der Waals surface area contributed by atoms with Crippen LogP contribution in [0.1, 0.15) is 36.4 Å². The Morgan fingerprint density at radius 3 is 2.59 bits per heavy atom. The summed E-state index contributed by atoms with van der Waals surface area (Å²) in [6.45, 7) is 11.1. The fraction of sp³-hybridized carbons (Fsp3) is 0.524. The summed E-state index contributed by atoms with van der Waals surface area (Å²) in [5.74, 6) is 1.67. The standard InChI is InChI=1S/C21H33N5O/c1-14-9-8-10-19(11-14)27-16(3)13-23-21(22-6)24-15(2)12-20-17(4)25-26(7)18(20)5/h8-11,15-16H,12-13H2,1-7H3,(H2,22,23,24). The average molecular weight is 372 g/mol. The summed E-state index contributed by atoms with van der Waals surface area (Å²) in [7, 11) is 3.77. The lowest BCUT2D eigenvalue weighted by Gasteiger charge is -2.21. The molecule has 27 heavy (non-hydrogen) atoms. The number of ether oxygens (including phenoxy) is 1. The van der Waals surface area contributed by atoms with E-state index in [0.29, 0.717) is 6.54 Å². The molecule has 0 saturated carbocycles. The summed E-state index contributed by atoms with van der Waals surface area (Å²) in [5, 5.41) is 11.3. The Hall–Kier alpha value is -2.50. The first-order valence-corrected chi connectivity index (χ1v) is 9.49. The van der Waals surface area contributed by atoms with Crippen LogP contribution in [0.2, 0.25) is 0 Å². The van der Waals surface area contributed by atoms with Gasteiger partial charge in [0.15, 0.2) is 5.96 Å². The van der Waals surface area contributed by atoms with Gasteiger partial charge in [-0.2, -0.15) is 5.10 Å². The van der Waals surface area contributed by atoms with Crippen molar-refractivity contribution >= 4 is 5.96 Å². The summed E-state index contributed by atoms with van der Waals surface area (Å²) in [4.78, 5) is 4.33. The van der Waals surface area contributed by atoms with Crippen molar-refractivity contribution in [2.24, 2.45) is 12.0 Å².